The lowest BCUT2D eigenvalue weighted by Gasteiger charge is -2.35. The van der Waals surface area contributed by atoms with Crippen LogP contribution in [0.1, 0.15) is 35.6 Å². The number of piperidine rings is 1. The van der Waals surface area contributed by atoms with Gasteiger partial charge >= 0.3 is 0 Å². The highest BCUT2D eigenvalue weighted by Crippen LogP contribution is 2.49. The van der Waals surface area contributed by atoms with Crippen LogP contribution in [-0.2, 0) is 16.8 Å². The molecule has 0 bridgehead atoms. The van der Waals surface area contributed by atoms with Crippen molar-refractivity contribution < 1.29 is 4.74 Å². The van der Waals surface area contributed by atoms with Gasteiger partial charge in [0.15, 0.2) is 0 Å². The molecule has 2 aliphatic heterocycles. The van der Waals surface area contributed by atoms with E-state index in [4.69, 9.17) is 27.9 Å². The summed E-state index contributed by atoms with van der Waals surface area (Å²) in [5.74, 6) is 0. The van der Waals surface area contributed by atoms with Crippen LogP contribution in [0.15, 0.2) is 42.5 Å². The van der Waals surface area contributed by atoms with Gasteiger partial charge in [-0.3, -0.25) is 0 Å². The second-order valence-electron chi connectivity index (χ2n) is 6.42. The third-order valence-electron chi connectivity index (χ3n) is 4.92. The molecular formula is C19H19Cl2NO. The summed E-state index contributed by atoms with van der Waals surface area (Å²) >= 11 is 12.3. The minimum Gasteiger partial charge on any atom is -0.362 e. The highest BCUT2D eigenvalue weighted by Gasteiger charge is 2.45. The van der Waals surface area contributed by atoms with E-state index in [0.717, 1.165) is 37.9 Å². The largest absolute Gasteiger partial charge is 0.362 e. The van der Waals surface area contributed by atoms with Crippen LogP contribution in [0.25, 0.3) is 0 Å². The lowest BCUT2D eigenvalue weighted by atomic mass is 9.84. The maximum absolute atomic E-state index is 6.62. The molecule has 2 nitrogen and oxygen atoms in total. The fourth-order valence-corrected chi connectivity index (χ4v) is 4.48. The van der Waals surface area contributed by atoms with E-state index in [2.05, 4.69) is 29.6 Å². The molecule has 2 aliphatic rings. The van der Waals surface area contributed by atoms with E-state index in [0.29, 0.717) is 10.0 Å². The van der Waals surface area contributed by atoms with Crippen LogP contribution >= 0.6 is 23.2 Å². The number of hydrogen-bond acceptors (Lipinski definition) is 2. The zero-order valence-corrected chi connectivity index (χ0v) is 14.3. The molecule has 4 heteroatoms. The third kappa shape index (κ3) is 2.89. The third-order valence-corrected chi connectivity index (χ3v) is 5.36. The molecule has 1 unspecified atom stereocenters. The molecule has 4 rings (SSSR count). The van der Waals surface area contributed by atoms with Gasteiger partial charge in [0, 0.05) is 16.5 Å². The molecule has 2 aromatic carbocycles. The number of rotatable bonds is 2. The summed E-state index contributed by atoms with van der Waals surface area (Å²) in [6.45, 7) is 2.01. The molecule has 0 saturated carbocycles. The second-order valence-corrected chi connectivity index (χ2v) is 7.29. The van der Waals surface area contributed by atoms with Gasteiger partial charge in [-0.1, -0.05) is 47.5 Å². The summed E-state index contributed by atoms with van der Waals surface area (Å²) in [6, 6.07) is 14.4. The molecule has 0 aliphatic carbocycles. The van der Waals surface area contributed by atoms with Gasteiger partial charge in [-0.15, -0.1) is 0 Å². The predicted octanol–water partition coefficient (Wildman–Crippen LogP) is 4.89. The normalized spacial score (nSPS) is 22.3. The molecule has 2 aromatic rings. The number of hydrogen-bond donors (Lipinski definition) is 1. The number of benzene rings is 2. The Morgan fingerprint density at radius 3 is 2.48 bits per heavy atom. The van der Waals surface area contributed by atoms with Crippen LogP contribution in [0.3, 0.4) is 0 Å². The molecule has 1 spiro atoms. The van der Waals surface area contributed by atoms with E-state index >= 15 is 0 Å². The molecule has 1 atom stereocenters. The highest BCUT2D eigenvalue weighted by atomic mass is 35.5. The fraction of sp³-hybridized carbons (Fsp3) is 0.368. The van der Waals surface area contributed by atoms with Crippen molar-refractivity contribution in [3.8, 4) is 0 Å². The Morgan fingerprint density at radius 1 is 1.04 bits per heavy atom. The van der Waals surface area contributed by atoms with Crippen LogP contribution in [0.4, 0.5) is 0 Å². The first-order valence-electron chi connectivity index (χ1n) is 8.09. The lowest BCUT2D eigenvalue weighted by Crippen LogP contribution is -2.39. The van der Waals surface area contributed by atoms with Gasteiger partial charge in [0.2, 0.25) is 0 Å². The van der Waals surface area contributed by atoms with E-state index in [1.54, 1.807) is 6.07 Å². The van der Waals surface area contributed by atoms with Crippen LogP contribution in [-0.4, -0.2) is 13.1 Å². The van der Waals surface area contributed by atoms with E-state index < -0.39 is 0 Å². The van der Waals surface area contributed by atoms with Gasteiger partial charge in [-0.25, -0.2) is 0 Å². The Kier molecular flexibility index (Phi) is 4.10. The molecule has 1 saturated heterocycles. The highest BCUT2D eigenvalue weighted by molar-refractivity contribution is 6.34. The SMILES string of the molecule is Clc1cc(Cl)cc(CC2OC3(CCNCC3)c3ccccc32)c1. The molecule has 23 heavy (non-hydrogen) atoms. The van der Waals surface area contributed by atoms with Crippen molar-refractivity contribution in [2.75, 3.05) is 13.1 Å². The predicted molar refractivity (Wildman–Crippen MR) is 94.2 cm³/mol. The quantitative estimate of drug-likeness (QED) is 0.835. The van der Waals surface area contributed by atoms with E-state index in [1.165, 1.54) is 11.1 Å². The van der Waals surface area contributed by atoms with Crippen LogP contribution < -0.4 is 5.32 Å². The summed E-state index contributed by atoms with van der Waals surface area (Å²) < 4.78 is 6.62. The Labute approximate surface area is 146 Å². The van der Waals surface area contributed by atoms with Crippen molar-refractivity contribution in [1.82, 2.24) is 5.32 Å². The van der Waals surface area contributed by atoms with Crippen molar-refractivity contribution in [1.29, 1.82) is 0 Å². The van der Waals surface area contributed by atoms with E-state index in [1.807, 2.05) is 12.1 Å². The van der Waals surface area contributed by atoms with Gasteiger partial charge in [0.25, 0.3) is 0 Å². The van der Waals surface area contributed by atoms with E-state index in [-0.39, 0.29) is 11.7 Å². The second kappa shape index (κ2) is 6.10. The average molecular weight is 348 g/mol. The Balaban J connectivity index is 1.67. The molecule has 2 heterocycles. The molecule has 1 fully saturated rings. The Morgan fingerprint density at radius 2 is 1.74 bits per heavy atom. The summed E-state index contributed by atoms with van der Waals surface area (Å²) in [5, 5.41) is 4.78. The first-order valence-corrected chi connectivity index (χ1v) is 8.85. The van der Waals surface area contributed by atoms with Crippen molar-refractivity contribution in [3.63, 3.8) is 0 Å². The van der Waals surface area contributed by atoms with Crippen molar-refractivity contribution in [3.05, 3.63) is 69.2 Å². The molecule has 0 radical (unpaired) electrons. The number of halogens is 2. The first kappa shape index (κ1) is 15.5. The fourth-order valence-electron chi connectivity index (χ4n) is 3.90. The monoisotopic (exact) mass is 347 g/mol. The van der Waals surface area contributed by atoms with Gasteiger partial charge < -0.3 is 10.1 Å². The maximum atomic E-state index is 6.62. The van der Waals surface area contributed by atoms with Crippen molar-refractivity contribution in [2.24, 2.45) is 0 Å². The van der Waals surface area contributed by atoms with Gasteiger partial charge in [-0.2, -0.15) is 0 Å². The minimum atomic E-state index is -0.130. The van der Waals surface area contributed by atoms with Gasteiger partial charge in [0.1, 0.15) is 0 Å². The van der Waals surface area contributed by atoms with Crippen LogP contribution in [0, 0.1) is 0 Å². The maximum Gasteiger partial charge on any atom is 0.0967 e. The first-order chi connectivity index (χ1) is 11.2. The summed E-state index contributed by atoms with van der Waals surface area (Å²) in [5.41, 5.74) is 3.66. The zero-order chi connectivity index (χ0) is 15.9. The molecular weight excluding hydrogens is 329 g/mol. The minimum absolute atomic E-state index is 0.0684. The molecule has 120 valence electrons. The Bertz CT molecular complexity index is 705. The van der Waals surface area contributed by atoms with E-state index in [9.17, 15) is 0 Å². The lowest BCUT2D eigenvalue weighted by molar-refractivity contribution is -0.0938. The van der Waals surface area contributed by atoms with Crippen LogP contribution in [0.2, 0.25) is 10.0 Å². The Hall–Kier alpha value is -1.06. The standard InChI is InChI=1S/C19H19Cl2NO/c20-14-9-13(10-15(21)12-14)11-18-16-3-1-2-4-17(16)19(23-18)5-7-22-8-6-19/h1-4,9-10,12,18,22H,5-8,11H2. The summed E-state index contributed by atoms with van der Waals surface area (Å²) in [7, 11) is 0. The number of fused-ring (bicyclic) bond motifs is 2. The topological polar surface area (TPSA) is 21.3 Å². The summed E-state index contributed by atoms with van der Waals surface area (Å²) in [4.78, 5) is 0. The molecule has 0 aromatic heterocycles. The summed E-state index contributed by atoms with van der Waals surface area (Å²) in [6.07, 6.45) is 2.92. The van der Waals surface area contributed by atoms with Crippen molar-refractivity contribution >= 4 is 23.2 Å². The van der Waals surface area contributed by atoms with Gasteiger partial charge in [-0.05, 0) is 60.8 Å². The number of ether oxygens (including phenoxy) is 1. The van der Waals surface area contributed by atoms with Crippen molar-refractivity contribution in [2.45, 2.75) is 31.0 Å². The zero-order valence-electron chi connectivity index (χ0n) is 12.8. The number of nitrogens with one attached hydrogen (secondary N) is 1. The average Bonchev–Trinajstić information content (AvgIpc) is 2.81. The molecule has 1 N–H and O–H groups in total. The van der Waals surface area contributed by atoms with Crippen LogP contribution in [0.5, 0.6) is 0 Å². The van der Waals surface area contributed by atoms with Gasteiger partial charge in [0.05, 0.1) is 11.7 Å². The smallest absolute Gasteiger partial charge is 0.0967 e. The molecule has 0 amide bonds.